The second kappa shape index (κ2) is 5.21. The summed E-state index contributed by atoms with van der Waals surface area (Å²) in [6.45, 7) is 6.86. The normalized spacial score (nSPS) is 29.9. The van der Waals surface area contributed by atoms with Gasteiger partial charge in [-0.2, -0.15) is 0 Å². The van der Waals surface area contributed by atoms with Crippen LogP contribution < -0.4 is 5.32 Å². The van der Waals surface area contributed by atoms with Gasteiger partial charge in [-0.05, 0) is 44.2 Å². The van der Waals surface area contributed by atoms with Crippen LogP contribution in [0.2, 0.25) is 0 Å². The van der Waals surface area contributed by atoms with Gasteiger partial charge in [0.05, 0.1) is 5.41 Å². The summed E-state index contributed by atoms with van der Waals surface area (Å²) in [4.78, 5) is 15.1. The molecule has 3 heteroatoms. The summed E-state index contributed by atoms with van der Waals surface area (Å²) >= 11 is 0. The lowest BCUT2D eigenvalue weighted by Gasteiger charge is -2.41. The predicted octanol–water partition coefficient (Wildman–Crippen LogP) is 2.10. The number of fused-ring (bicyclic) bond motifs is 1. The van der Waals surface area contributed by atoms with Gasteiger partial charge in [0.2, 0.25) is 5.91 Å². The number of rotatable bonds is 1. The van der Waals surface area contributed by atoms with Crippen LogP contribution in [0.3, 0.4) is 0 Å². The maximum Gasteiger partial charge on any atom is 0.233 e. The van der Waals surface area contributed by atoms with Crippen LogP contribution in [0.1, 0.15) is 37.8 Å². The third-order valence-corrected chi connectivity index (χ3v) is 4.86. The van der Waals surface area contributed by atoms with Crippen molar-refractivity contribution in [1.29, 1.82) is 0 Å². The van der Waals surface area contributed by atoms with Crippen molar-refractivity contribution in [3.63, 3.8) is 0 Å². The van der Waals surface area contributed by atoms with E-state index in [1.807, 2.05) is 0 Å². The van der Waals surface area contributed by atoms with Crippen LogP contribution in [0.4, 0.5) is 0 Å². The highest BCUT2D eigenvalue weighted by Crippen LogP contribution is 2.38. The third-order valence-electron chi connectivity index (χ3n) is 4.86. The number of hydrogen-bond donors (Lipinski definition) is 1. The molecular formula is C17H24N2O. The van der Waals surface area contributed by atoms with Crippen molar-refractivity contribution in [3.05, 3.63) is 35.4 Å². The van der Waals surface area contributed by atoms with Crippen molar-refractivity contribution in [2.24, 2.45) is 0 Å². The van der Waals surface area contributed by atoms with E-state index in [1.54, 1.807) is 0 Å². The summed E-state index contributed by atoms with van der Waals surface area (Å²) in [5, 5.41) is 3.41. The molecule has 3 rings (SSSR count). The topological polar surface area (TPSA) is 32.3 Å². The molecule has 0 bridgehead atoms. The van der Waals surface area contributed by atoms with Gasteiger partial charge in [0.25, 0.3) is 0 Å². The number of benzene rings is 1. The summed E-state index contributed by atoms with van der Waals surface area (Å²) in [5.74, 6) is 0.318. The molecule has 108 valence electrons. The number of hydrogen-bond acceptors (Lipinski definition) is 2. The van der Waals surface area contributed by atoms with Crippen LogP contribution in [0.5, 0.6) is 0 Å². The lowest BCUT2D eigenvalue weighted by atomic mass is 9.70. The quantitative estimate of drug-likeness (QED) is 0.849. The zero-order chi connectivity index (χ0) is 14.2. The van der Waals surface area contributed by atoms with Crippen LogP contribution in [0.25, 0.3) is 0 Å². The molecule has 0 spiro atoms. The second-order valence-electron chi connectivity index (χ2n) is 6.45. The maximum atomic E-state index is 13.1. The lowest BCUT2D eigenvalue weighted by molar-refractivity contribution is -0.138. The molecule has 0 radical (unpaired) electrons. The first-order valence-electron chi connectivity index (χ1n) is 7.72. The van der Waals surface area contributed by atoms with Gasteiger partial charge in [0.1, 0.15) is 0 Å². The van der Waals surface area contributed by atoms with Gasteiger partial charge < -0.3 is 10.2 Å². The number of nitrogens with zero attached hydrogens (tertiary/aromatic N) is 1. The average Bonchev–Trinajstić information content (AvgIpc) is 2.47. The average molecular weight is 272 g/mol. The number of carbonyl (C=O) groups is 1. The van der Waals surface area contributed by atoms with Gasteiger partial charge in [-0.25, -0.2) is 0 Å². The highest BCUT2D eigenvalue weighted by molar-refractivity contribution is 5.88. The van der Waals surface area contributed by atoms with Gasteiger partial charge in [-0.3, -0.25) is 4.79 Å². The fourth-order valence-corrected chi connectivity index (χ4v) is 3.73. The van der Waals surface area contributed by atoms with E-state index < -0.39 is 0 Å². The molecule has 1 aromatic rings. The molecule has 1 heterocycles. The van der Waals surface area contributed by atoms with E-state index in [4.69, 9.17) is 0 Å². The van der Waals surface area contributed by atoms with E-state index in [2.05, 4.69) is 48.3 Å². The number of piperazine rings is 1. The minimum atomic E-state index is -0.327. The van der Waals surface area contributed by atoms with Gasteiger partial charge in [0, 0.05) is 25.7 Å². The van der Waals surface area contributed by atoms with Gasteiger partial charge in [-0.15, -0.1) is 0 Å². The zero-order valence-corrected chi connectivity index (χ0v) is 12.5. The molecule has 2 atom stereocenters. The molecule has 1 amide bonds. The van der Waals surface area contributed by atoms with E-state index in [1.165, 1.54) is 11.1 Å². The van der Waals surface area contributed by atoms with Crippen LogP contribution >= 0.6 is 0 Å². The number of amides is 1. The summed E-state index contributed by atoms with van der Waals surface area (Å²) < 4.78 is 0. The van der Waals surface area contributed by atoms with Crippen molar-refractivity contribution >= 4 is 5.91 Å². The molecule has 1 N–H and O–H groups in total. The minimum absolute atomic E-state index is 0.318. The third kappa shape index (κ3) is 2.24. The van der Waals surface area contributed by atoms with Crippen molar-refractivity contribution in [2.75, 3.05) is 19.6 Å². The molecule has 1 aliphatic heterocycles. The van der Waals surface area contributed by atoms with Crippen LogP contribution in [-0.2, 0) is 16.6 Å². The molecule has 3 nitrogen and oxygen atoms in total. The highest BCUT2D eigenvalue weighted by Gasteiger charge is 2.41. The Morgan fingerprint density at radius 3 is 3.00 bits per heavy atom. The Kier molecular flexibility index (Phi) is 3.55. The van der Waals surface area contributed by atoms with Crippen molar-refractivity contribution in [3.8, 4) is 0 Å². The van der Waals surface area contributed by atoms with Crippen molar-refractivity contribution < 1.29 is 4.79 Å². The Labute approximate surface area is 121 Å². The highest BCUT2D eigenvalue weighted by atomic mass is 16.2. The largest absolute Gasteiger partial charge is 0.339 e. The number of aryl methyl sites for hydroxylation is 1. The lowest BCUT2D eigenvalue weighted by Crippen LogP contribution is -2.56. The first kappa shape index (κ1) is 13.6. The van der Waals surface area contributed by atoms with Gasteiger partial charge >= 0.3 is 0 Å². The van der Waals surface area contributed by atoms with E-state index in [-0.39, 0.29) is 5.41 Å². The van der Waals surface area contributed by atoms with E-state index in [0.29, 0.717) is 11.9 Å². The molecule has 1 aromatic carbocycles. The van der Waals surface area contributed by atoms with Crippen LogP contribution in [-0.4, -0.2) is 36.5 Å². The Balaban J connectivity index is 1.91. The molecule has 2 unspecified atom stereocenters. The van der Waals surface area contributed by atoms with Crippen LogP contribution in [0.15, 0.2) is 24.3 Å². The number of carbonyl (C=O) groups excluding carboxylic acids is 1. The summed E-state index contributed by atoms with van der Waals surface area (Å²) in [7, 11) is 0. The fourth-order valence-electron chi connectivity index (χ4n) is 3.73. The first-order valence-corrected chi connectivity index (χ1v) is 7.72. The molecule has 1 fully saturated rings. The predicted molar refractivity (Wildman–Crippen MR) is 80.8 cm³/mol. The van der Waals surface area contributed by atoms with Crippen LogP contribution in [0, 0.1) is 0 Å². The van der Waals surface area contributed by atoms with Gasteiger partial charge in [0.15, 0.2) is 0 Å². The fraction of sp³-hybridized carbons (Fsp3) is 0.588. The molecule has 1 saturated heterocycles. The standard InChI is InChI=1S/C17H24N2O/c1-13-12-19(11-10-18-13)16(20)17(2)9-5-7-14-6-3-4-8-15(14)17/h3-4,6,8,13,18H,5,7,9-12H2,1-2H3. The van der Waals surface area contributed by atoms with Crippen molar-refractivity contribution in [1.82, 2.24) is 10.2 Å². The maximum absolute atomic E-state index is 13.1. The first-order chi connectivity index (χ1) is 9.61. The second-order valence-corrected chi connectivity index (χ2v) is 6.45. The van der Waals surface area contributed by atoms with E-state index in [0.717, 1.165) is 38.9 Å². The smallest absolute Gasteiger partial charge is 0.233 e. The molecule has 1 aliphatic carbocycles. The monoisotopic (exact) mass is 272 g/mol. The summed E-state index contributed by atoms with van der Waals surface area (Å²) in [6, 6.07) is 8.88. The number of nitrogens with one attached hydrogen (secondary N) is 1. The Hall–Kier alpha value is -1.35. The SMILES string of the molecule is CC1CN(C(=O)C2(C)CCCc3ccccc32)CCN1. The van der Waals surface area contributed by atoms with E-state index in [9.17, 15) is 4.79 Å². The molecule has 0 aromatic heterocycles. The van der Waals surface area contributed by atoms with Gasteiger partial charge in [-0.1, -0.05) is 24.3 Å². The summed E-state index contributed by atoms with van der Waals surface area (Å²) in [5.41, 5.74) is 2.28. The Morgan fingerprint density at radius 2 is 2.20 bits per heavy atom. The molecule has 2 aliphatic rings. The summed E-state index contributed by atoms with van der Waals surface area (Å²) in [6.07, 6.45) is 3.19. The zero-order valence-electron chi connectivity index (χ0n) is 12.5. The Morgan fingerprint density at radius 1 is 1.40 bits per heavy atom. The van der Waals surface area contributed by atoms with E-state index >= 15 is 0 Å². The molecular weight excluding hydrogens is 248 g/mol. The minimum Gasteiger partial charge on any atom is -0.339 e. The van der Waals surface area contributed by atoms with Crippen molar-refractivity contribution in [2.45, 2.75) is 44.6 Å². The Bertz CT molecular complexity index is 513. The molecule has 20 heavy (non-hydrogen) atoms. The molecule has 0 saturated carbocycles.